The van der Waals surface area contributed by atoms with Crippen LogP contribution in [0, 0.1) is 5.92 Å². The zero-order valence-electron chi connectivity index (χ0n) is 19.2. The maximum absolute atomic E-state index is 12.8. The number of aliphatic carboxylic acids is 1. The van der Waals surface area contributed by atoms with E-state index in [1.807, 2.05) is 30.3 Å². The quantitative estimate of drug-likeness (QED) is 0.225. The molecule has 180 valence electrons. The number of hydrogen-bond donors (Lipinski definition) is 4. The normalized spacial score (nSPS) is 13.3. The lowest BCUT2D eigenvalue weighted by molar-refractivity contribution is -0.138. The Morgan fingerprint density at radius 1 is 0.971 bits per heavy atom. The number of carbonyl (C=O) groups excluding carboxylic acids is 3. The molecule has 34 heavy (non-hydrogen) atoms. The molecule has 0 aromatic heterocycles. The van der Waals surface area contributed by atoms with Crippen LogP contribution < -0.4 is 16.0 Å². The van der Waals surface area contributed by atoms with E-state index < -0.39 is 48.2 Å². The van der Waals surface area contributed by atoms with E-state index in [0.29, 0.717) is 5.56 Å². The van der Waals surface area contributed by atoms with Crippen LogP contribution in [0.4, 0.5) is 0 Å². The summed E-state index contributed by atoms with van der Waals surface area (Å²) in [5, 5.41) is 21.8. The minimum Gasteiger partial charge on any atom is -0.481 e. The minimum absolute atomic E-state index is 0.244. The fourth-order valence-electron chi connectivity index (χ4n) is 3.29. The van der Waals surface area contributed by atoms with Crippen LogP contribution in [0.2, 0.25) is 0 Å². The summed E-state index contributed by atoms with van der Waals surface area (Å²) in [7, 11) is 0. The van der Waals surface area contributed by atoms with Gasteiger partial charge < -0.3 is 21.1 Å². The summed E-state index contributed by atoms with van der Waals surface area (Å²) in [6, 6.07) is 9.98. The molecule has 0 saturated heterocycles. The molecule has 2 aromatic carbocycles. The van der Waals surface area contributed by atoms with Gasteiger partial charge in [0.15, 0.2) is 0 Å². The van der Waals surface area contributed by atoms with E-state index in [-0.39, 0.29) is 12.5 Å². The first-order chi connectivity index (χ1) is 16.1. The fourth-order valence-corrected chi connectivity index (χ4v) is 3.29. The van der Waals surface area contributed by atoms with Gasteiger partial charge in [0.05, 0.1) is 6.42 Å². The first-order valence-electron chi connectivity index (χ1n) is 10.8. The van der Waals surface area contributed by atoms with Crippen molar-refractivity contribution in [2.24, 2.45) is 11.0 Å². The Morgan fingerprint density at radius 2 is 1.65 bits per heavy atom. The molecule has 0 bridgehead atoms. The van der Waals surface area contributed by atoms with Gasteiger partial charge in [-0.1, -0.05) is 49.3 Å². The molecule has 0 radical (unpaired) electrons. The highest BCUT2D eigenvalue weighted by molar-refractivity contribution is 6.01. The van der Waals surface area contributed by atoms with Crippen molar-refractivity contribution < 1.29 is 24.3 Å². The minimum atomic E-state index is -1.17. The zero-order valence-corrected chi connectivity index (χ0v) is 19.2. The van der Waals surface area contributed by atoms with Crippen LogP contribution in [-0.4, -0.2) is 53.5 Å². The molecule has 2 rings (SSSR count). The van der Waals surface area contributed by atoms with Gasteiger partial charge in [-0.25, -0.2) is 0 Å². The molecule has 0 aliphatic heterocycles. The van der Waals surface area contributed by atoms with Gasteiger partial charge in [-0.05, 0) is 41.3 Å². The number of nitrogens with one attached hydrogen (secondary N) is 3. The summed E-state index contributed by atoms with van der Waals surface area (Å²) < 4.78 is 0. The standard InChI is InChI=1S/C23H28N6O5/c1-13(2)20(28-22(33)17-9-8-15-6-4-5-7-16(15)10-17)23(34)26-14(3)21(32)27-18(11-19(30)31)12-25-29-24/h4-10,13-14,18,20H,11-12H2,1-3H3,(H,26,34)(H,27,32)(H,28,33)(H,30,31)/t14-,18-,20?/m0/s1. The first-order valence-corrected chi connectivity index (χ1v) is 10.8. The van der Waals surface area contributed by atoms with Gasteiger partial charge in [0.1, 0.15) is 12.1 Å². The van der Waals surface area contributed by atoms with Crippen molar-refractivity contribution >= 4 is 34.5 Å². The van der Waals surface area contributed by atoms with Gasteiger partial charge >= 0.3 is 5.97 Å². The average molecular weight is 469 g/mol. The summed E-state index contributed by atoms with van der Waals surface area (Å²) in [4.78, 5) is 51.6. The van der Waals surface area contributed by atoms with Gasteiger partial charge in [0, 0.05) is 23.1 Å². The Balaban J connectivity index is 2.04. The topological polar surface area (TPSA) is 173 Å². The highest BCUT2D eigenvalue weighted by Gasteiger charge is 2.28. The van der Waals surface area contributed by atoms with E-state index in [0.717, 1.165) is 10.8 Å². The van der Waals surface area contributed by atoms with Crippen molar-refractivity contribution in [2.45, 2.75) is 45.3 Å². The van der Waals surface area contributed by atoms with Crippen molar-refractivity contribution in [1.29, 1.82) is 0 Å². The van der Waals surface area contributed by atoms with Gasteiger partial charge in [-0.2, -0.15) is 0 Å². The third-order valence-corrected chi connectivity index (χ3v) is 5.13. The second-order valence-corrected chi connectivity index (χ2v) is 8.20. The molecular weight excluding hydrogens is 440 g/mol. The molecule has 0 aliphatic rings. The molecule has 2 aromatic rings. The number of azide groups is 1. The van der Waals surface area contributed by atoms with Gasteiger partial charge in [-0.15, -0.1) is 0 Å². The third kappa shape index (κ3) is 7.49. The number of carboxylic acid groups (broad SMARTS) is 1. The Hall–Kier alpha value is -4.11. The van der Waals surface area contributed by atoms with E-state index in [4.69, 9.17) is 10.6 Å². The van der Waals surface area contributed by atoms with Crippen LogP contribution >= 0.6 is 0 Å². The number of hydrogen-bond acceptors (Lipinski definition) is 5. The molecule has 0 heterocycles. The van der Waals surface area contributed by atoms with E-state index in [1.54, 1.807) is 26.0 Å². The summed E-state index contributed by atoms with van der Waals surface area (Å²) in [6.07, 6.45) is -0.443. The molecule has 3 atom stereocenters. The number of carboxylic acids is 1. The predicted octanol–water partition coefficient (Wildman–Crippen LogP) is 2.37. The number of amides is 3. The van der Waals surface area contributed by atoms with Crippen LogP contribution in [-0.2, 0) is 14.4 Å². The van der Waals surface area contributed by atoms with Crippen LogP contribution in [0.1, 0.15) is 37.6 Å². The van der Waals surface area contributed by atoms with E-state index >= 15 is 0 Å². The molecule has 11 heteroatoms. The van der Waals surface area contributed by atoms with Crippen molar-refractivity contribution in [3.8, 4) is 0 Å². The molecule has 4 N–H and O–H groups in total. The van der Waals surface area contributed by atoms with E-state index in [1.165, 1.54) is 6.92 Å². The number of fused-ring (bicyclic) bond motifs is 1. The second kappa shape index (κ2) is 12.2. The Labute approximate surface area is 196 Å². The SMILES string of the molecule is CC(C)C(NC(=O)c1ccc2ccccc2c1)C(=O)N[C@@H](C)C(=O)N[C@H](CN=[N+]=[N-])CC(=O)O. The highest BCUT2D eigenvalue weighted by Crippen LogP contribution is 2.16. The molecule has 11 nitrogen and oxygen atoms in total. The Morgan fingerprint density at radius 3 is 2.26 bits per heavy atom. The monoisotopic (exact) mass is 468 g/mol. The van der Waals surface area contributed by atoms with Crippen LogP contribution in [0.15, 0.2) is 47.6 Å². The molecule has 1 unspecified atom stereocenters. The number of rotatable bonds is 11. The lowest BCUT2D eigenvalue weighted by Crippen LogP contribution is -2.55. The van der Waals surface area contributed by atoms with E-state index in [9.17, 15) is 19.2 Å². The van der Waals surface area contributed by atoms with Crippen molar-refractivity contribution in [2.75, 3.05) is 6.54 Å². The fraction of sp³-hybridized carbons (Fsp3) is 0.391. The first kappa shape index (κ1) is 26.1. The van der Waals surface area contributed by atoms with Crippen LogP contribution in [0.25, 0.3) is 21.2 Å². The maximum Gasteiger partial charge on any atom is 0.305 e. The molecule has 0 fully saturated rings. The number of nitrogens with zero attached hydrogens (tertiary/aromatic N) is 3. The zero-order chi connectivity index (χ0) is 25.3. The lowest BCUT2D eigenvalue weighted by atomic mass is 10.0. The average Bonchev–Trinajstić information content (AvgIpc) is 2.79. The molecule has 0 spiro atoms. The summed E-state index contributed by atoms with van der Waals surface area (Å²) in [6.45, 7) is 4.71. The van der Waals surface area contributed by atoms with Crippen LogP contribution in [0.5, 0.6) is 0 Å². The van der Waals surface area contributed by atoms with Gasteiger partial charge in [0.2, 0.25) is 11.8 Å². The smallest absolute Gasteiger partial charge is 0.305 e. The van der Waals surface area contributed by atoms with E-state index in [2.05, 4.69) is 26.0 Å². The molecule has 0 aliphatic carbocycles. The summed E-state index contributed by atoms with van der Waals surface area (Å²) in [5.41, 5.74) is 8.84. The molecule has 3 amide bonds. The van der Waals surface area contributed by atoms with Gasteiger partial charge in [-0.3, -0.25) is 19.2 Å². The predicted molar refractivity (Wildman–Crippen MR) is 126 cm³/mol. The van der Waals surface area contributed by atoms with Crippen molar-refractivity contribution in [3.05, 3.63) is 58.5 Å². The summed E-state index contributed by atoms with van der Waals surface area (Å²) in [5.74, 6) is -3.07. The maximum atomic E-state index is 12.8. The van der Waals surface area contributed by atoms with Crippen molar-refractivity contribution in [1.82, 2.24) is 16.0 Å². The lowest BCUT2D eigenvalue weighted by Gasteiger charge is -2.25. The van der Waals surface area contributed by atoms with Gasteiger partial charge in [0.25, 0.3) is 5.91 Å². The largest absolute Gasteiger partial charge is 0.481 e. The Kier molecular flexibility index (Phi) is 9.39. The number of benzene rings is 2. The highest BCUT2D eigenvalue weighted by atomic mass is 16.4. The third-order valence-electron chi connectivity index (χ3n) is 5.13. The van der Waals surface area contributed by atoms with Crippen molar-refractivity contribution in [3.63, 3.8) is 0 Å². The second-order valence-electron chi connectivity index (χ2n) is 8.20. The molecule has 0 saturated carbocycles. The number of carbonyl (C=O) groups is 4. The van der Waals surface area contributed by atoms with Crippen LogP contribution in [0.3, 0.4) is 0 Å². The molecular formula is C23H28N6O5. The Bertz CT molecular complexity index is 1110. The summed E-state index contributed by atoms with van der Waals surface area (Å²) >= 11 is 0.